The molecule has 1 heterocycles. The number of nitrogens with two attached hydrogens (primary N) is 2. The molecule has 0 aliphatic rings. The zero-order valence-corrected chi connectivity index (χ0v) is 4.61. The zero-order valence-electron chi connectivity index (χ0n) is 4.61. The second-order valence-corrected chi connectivity index (χ2v) is 1.54. The largest absolute Gasteiger partial charge is 0.383 e. The van der Waals surface area contributed by atoms with E-state index in [1.165, 1.54) is 12.3 Å². The van der Waals surface area contributed by atoms with E-state index >= 15 is 0 Å². The summed E-state index contributed by atoms with van der Waals surface area (Å²) in [5.41, 5.74) is 4.60. The van der Waals surface area contributed by atoms with Crippen LogP contribution in [0.5, 0.6) is 0 Å². The lowest BCUT2D eigenvalue weighted by molar-refractivity contribution is 0.876. The molecular weight excluding hydrogens is 120 g/mol. The van der Waals surface area contributed by atoms with Gasteiger partial charge in [0.2, 0.25) is 0 Å². The molecule has 0 saturated carbocycles. The molecule has 5 heteroatoms. The molecule has 1 rings (SSSR count). The van der Waals surface area contributed by atoms with Crippen LogP contribution in [-0.2, 0) is 0 Å². The fourth-order valence-electron chi connectivity index (χ4n) is 0.426. The molecule has 0 fully saturated rings. The summed E-state index contributed by atoms with van der Waals surface area (Å²) in [6.45, 7) is 0. The van der Waals surface area contributed by atoms with Crippen LogP contribution in [0.2, 0.25) is 0 Å². The van der Waals surface area contributed by atoms with E-state index in [9.17, 15) is 4.79 Å². The molecular formula is C4H6N4O. The van der Waals surface area contributed by atoms with E-state index in [-0.39, 0.29) is 5.82 Å². The van der Waals surface area contributed by atoms with Gasteiger partial charge in [0.25, 0.3) is 0 Å². The number of aromatic nitrogens is 2. The summed E-state index contributed by atoms with van der Waals surface area (Å²) in [4.78, 5) is 13.8. The average molecular weight is 126 g/mol. The standard InChI is InChI=1S/C4H6N4O/c5-3-1-2-8(6)4(9)7-3/h1-2H,6H2,(H2,5,7,9). The van der Waals surface area contributed by atoms with Crippen LogP contribution in [0.25, 0.3) is 0 Å². The second kappa shape index (κ2) is 1.77. The van der Waals surface area contributed by atoms with Crippen molar-refractivity contribution >= 4 is 5.82 Å². The molecule has 4 N–H and O–H groups in total. The van der Waals surface area contributed by atoms with Crippen LogP contribution in [-0.4, -0.2) is 9.66 Å². The highest BCUT2D eigenvalue weighted by atomic mass is 16.1. The van der Waals surface area contributed by atoms with Gasteiger partial charge < -0.3 is 11.6 Å². The smallest absolute Gasteiger partial charge is 0.367 e. The fraction of sp³-hybridized carbons (Fsp3) is 0. The van der Waals surface area contributed by atoms with E-state index in [2.05, 4.69) is 4.98 Å². The van der Waals surface area contributed by atoms with Gasteiger partial charge >= 0.3 is 5.69 Å². The van der Waals surface area contributed by atoms with Gasteiger partial charge in [-0.3, -0.25) is 0 Å². The highest BCUT2D eigenvalue weighted by Gasteiger charge is 1.89. The Balaban J connectivity index is 3.34. The first kappa shape index (κ1) is 5.61. The van der Waals surface area contributed by atoms with Crippen LogP contribution in [0.3, 0.4) is 0 Å². The molecule has 0 spiro atoms. The Labute approximate surface area is 50.9 Å². The Morgan fingerprint density at radius 2 is 2.33 bits per heavy atom. The third kappa shape index (κ3) is 0.987. The van der Waals surface area contributed by atoms with Gasteiger partial charge in [-0.2, -0.15) is 4.98 Å². The van der Waals surface area contributed by atoms with Crippen molar-refractivity contribution in [2.75, 3.05) is 11.6 Å². The summed E-state index contributed by atoms with van der Waals surface area (Å²) in [5.74, 6) is 5.26. The molecule has 0 amide bonds. The third-order valence-corrected chi connectivity index (χ3v) is 0.852. The highest BCUT2D eigenvalue weighted by molar-refractivity contribution is 5.23. The van der Waals surface area contributed by atoms with Gasteiger partial charge in [-0.15, -0.1) is 0 Å². The highest BCUT2D eigenvalue weighted by Crippen LogP contribution is 1.84. The molecule has 0 bridgehead atoms. The molecule has 0 unspecified atom stereocenters. The van der Waals surface area contributed by atoms with Crippen LogP contribution in [0.15, 0.2) is 17.1 Å². The summed E-state index contributed by atoms with van der Waals surface area (Å²) < 4.78 is 0.857. The normalized spacial score (nSPS) is 9.33. The molecule has 0 aliphatic heterocycles. The van der Waals surface area contributed by atoms with E-state index < -0.39 is 5.69 Å². The second-order valence-electron chi connectivity index (χ2n) is 1.54. The van der Waals surface area contributed by atoms with Crippen LogP contribution in [0.4, 0.5) is 5.82 Å². The molecule has 0 aliphatic carbocycles. The van der Waals surface area contributed by atoms with E-state index in [0.717, 1.165) is 4.68 Å². The van der Waals surface area contributed by atoms with Crippen molar-refractivity contribution in [3.63, 3.8) is 0 Å². The van der Waals surface area contributed by atoms with Crippen molar-refractivity contribution in [3.8, 4) is 0 Å². The number of rotatable bonds is 0. The molecule has 9 heavy (non-hydrogen) atoms. The zero-order chi connectivity index (χ0) is 6.85. The van der Waals surface area contributed by atoms with Gasteiger partial charge in [-0.05, 0) is 6.07 Å². The molecule has 0 atom stereocenters. The predicted molar refractivity (Wildman–Crippen MR) is 33.1 cm³/mol. The minimum absolute atomic E-state index is 0.182. The molecule has 0 aromatic carbocycles. The SMILES string of the molecule is Nc1ccn(N)c(=O)n1. The third-order valence-electron chi connectivity index (χ3n) is 0.852. The molecule has 1 aromatic rings. The lowest BCUT2D eigenvalue weighted by Crippen LogP contribution is -2.28. The van der Waals surface area contributed by atoms with Crippen molar-refractivity contribution < 1.29 is 0 Å². The Morgan fingerprint density at radius 3 is 2.78 bits per heavy atom. The molecule has 1 aromatic heterocycles. The van der Waals surface area contributed by atoms with Gasteiger partial charge in [0.05, 0.1) is 0 Å². The summed E-state index contributed by atoms with van der Waals surface area (Å²) in [6, 6.07) is 1.45. The first-order valence-corrected chi connectivity index (χ1v) is 2.30. The average Bonchev–Trinajstić information content (AvgIpc) is 1.80. The Bertz CT molecular complexity index is 266. The number of hydrogen-bond donors (Lipinski definition) is 2. The Hall–Kier alpha value is -1.52. The van der Waals surface area contributed by atoms with Crippen LogP contribution < -0.4 is 17.3 Å². The first-order valence-electron chi connectivity index (χ1n) is 2.30. The summed E-state index contributed by atoms with van der Waals surface area (Å²) >= 11 is 0. The van der Waals surface area contributed by atoms with Crippen molar-refractivity contribution in [2.45, 2.75) is 0 Å². The van der Waals surface area contributed by atoms with Crippen molar-refractivity contribution in [3.05, 3.63) is 22.7 Å². The van der Waals surface area contributed by atoms with Gasteiger partial charge in [-0.1, -0.05) is 0 Å². The topological polar surface area (TPSA) is 86.9 Å². The van der Waals surface area contributed by atoms with Crippen molar-refractivity contribution in [1.29, 1.82) is 0 Å². The molecule has 0 radical (unpaired) electrons. The van der Waals surface area contributed by atoms with Gasteiger partial charge in [-0.25, -0.2) is 9.47 Å². The van der Waals surface area contributed by atoms with Crippen molar-refractivity contribution in [2.24, 2.45) is 0 Å². The lowest BCUT2D eigenvalue weighted by atomic mass is 10.6. The van der Waals surface area contributed by atoms with Crippen molar-refractivity contribution in [1.82, 2.24) is 9.66 Å². The number of anilines is 1. The van der Waals surface area contributed by atoms with Crippen LogP contribution in [0, 0.1) is 0 Å². The number of nitrogens with zero attached hydrogens (tertiary/aromatic N) is 2. The minimum atomic E-state index is -0.546. The van der Waals surface area contributed by atoms with E-state index in [0.29, 0.717) is 0 Å². The first-order chi connectivity index (χ1) is 4.20. The van der Waals surface area contributed by atoms with Gasteiger partial charge in [0.15, 0.2) is 0 Å². The Kier molecular flexibility index (Phi) is 1.11. The number of hydrogen-bond acceptors (Lipinski definition) is 4. The van der Waals surface area contributed by atoms with E-state index in [4.69, 9.17) is 11.6 Å². The monoisotopic (exact) mass is 126 g/mol. The molecule has 48 valence electrons. The molecule has 5 nitrogen and oxygen atoms in total. The minimum Gasteiger partial charge on any atom is -0.383 e. The summed E-state index contributed by atoms with van der Waals surface area (Å²) in [6.07, 6.45) is 1.35. The molecule has 0 saturated heterocycles. The van der Waals surface area contributed by atoms with E-state index in [1.807, 2.05) is 0 Å². The summed E-state index contributed by atoms with van der Waals surface area (Å²) in [7, 11) is 0. The maximum absolute atomic E-state index is 10.5. The van der Waals surface area contributed by atoms with Gasteiger partial charge in [0.1, 0.15) is 5.82 Å². The van der Waals surface area contributed by atoms with Crippen LogP contribution >= 0.6 is 0 Å². The van der Waals surface area contributed by atoms with E-state index in [1.54, 1.807) is 0 Å². The maximum Gasteiger partial charge on any atom is 0.367 e. The fourth-order valence-corrected chi connectivity index (χ4v) is 0.426. The quantitative estimate of drug-likeness (QED) is 0.416. The lowest BCUT2D eigenvalue weighted by Gasteiger charge is -1.93. The predicted octanol–water partition coefficient (Wildman–Crippen LogP) is -1.46. The van der Waals surface area contributed by atoms with Gasteiger partial charge in [0, 0.05) is 6.20 Å². The summed E-state index contributed by atoms with van der Waals surface area (Å²) in [5, 5.41) is 0. The maximum atomic E-state index is 10.5. The Morgan fingerprint density at radius 1 is 1.67 bits per heavy atom. The van der Waals surface area contributed by atoms with Crippen LogP contribution in [0.1, 0.15) is 0 Å². The number of nitrogen functional groups attached to an aromatic ring is 2.